The van der Waals surface area contributed by atoms with Crippen LogP contribution in [-0.4, -0.2) is 5.84 Å². The number of nitrogens with zero attached hydrogens (tertiary/aromatic N) is 2. The number of nitrogens with one attached hydrogen (secondary N) is 1. The van der Waals surface area contributed by atoms with Crippen LogP contribution < -0.4 is 0 Å². The van der Waals surface area contributed by atoms with Crippen molar-refractivity contribution in [1.29, 1.82) is 5.41 Å². The molecule has 3 rings (SSSR count). The van der Waals surface area contributed by atoms with Gasteiger partial charge in [0.2, 0.25) is 0 Å². The number of halogens is 2. The van der Waals surface area contributed by atoms with Gasteiger partial charge in [-0.05, 0) is 23.8 Å². The second kappa shape index (κ2) is 7.99. The Hall–Kier alpha value is -2.05. The number of amidine groups is 1. The van der Waals surface area contributed by atoms with E-state index in [1.807, 2.05) is 35.7 Å². The Kier molecular flexibility index (Phi) is 6.01. The van der Waals surface area contributed by atoms with Crippen molar-refractivity contribution in [2.75, 3.05) is 0 Å². The van der Waals surface area contributed by atoms with Crippen LogP contribution in [0.15, 0.2) is 75.1 Å². The molecule has 23 heavy (non-hydrogen) atoms. The molecule has 1 aliphatic rings. The van der Waals surface area contributed by atoms with Crippen molar-refractivity contribution >= 4 is 46.4 Å². The molecule has 2 aromatic carbocycles. The summed E-state index contributed by atoms with van der Waals surface area (Å²) in [5, 5.41) is 17.9. The zero-order valence-electron chi connectivity index (χ0n) is 11.9. The molecule has 116 valence electrons. The van der Waals surface area contributed by atoms with E-state index in [0.717, 1.165) is 16.8 Å². The third-order valence-corrected chi connectivity index (χ3v) is 3.93. The van der Waals surface area contributed by atoms with Crippen molar-refractivity contribution in [3.05, 3.63) is 81.9 Å². The average Bonchev–Trinajstić information content (AvgIpc) is 2.73. The summed E-state index contributed by atoms with van der Waals surface area (Å²) in [6.07, 6.45) is 1.80. The Bertz CT molecular complexity index is 783. The first-order valence-electron chi connectivity index (χ1n) is 6.62. The van der Waals surface area contributed by atoms with Crippen LogP contribution in [0.2, 0.25) is 0 Å². The highest BCUT2D eigenvalue weighted by molar-refractivity contribution is 8.93. The molecular formula is C17H13BrFN3S. The molecule has 0 bridgehead atoms. The van der Waals surface area contributed by atoms with Crippen molar-refractivity contribution in [1.82, 2.24) is 0 Å². The number of thioether (sulfide) groups is 1. The maximum atomic E-state index is 12.9. The van der Waals surface area contributed by atoms with Gasteiger partial charge in [-0.25, -0.2) is 4.39 Å². The van der Waals surface area contributed by atoms with Gasteiger partial charge in [0.05, 0.1) is 10.6 Å². The van der Waals surface area contributed by atoms with Crippen LogP contribution >= 0.6 is 28.7 Å². The fourth-order valence-corrected chi connectivity index (χ4v) is 2.68. The molecule has 1 aliphatic heterocycles. The summed E-state index contributed by atoms with van der Waals surface area (Å²) in [7, 11) is 0. The lowest BCUT2D eigenvalue weighted by Crippen LogP contribution is -1.91. The SMILES string of the molecule is Br.N=C1N=NC(c2ccccc2)=CSC1=Cc1ccc(F)cc1. The van der Waals surface area contributed by atoms with Gasteiger partial charge in [0.1, 0.15) is 5.82 Å². The summed E-state index contributed by atoms with van der Waals surface area (Å²) >= 11 is 1.39. The molecule has 2 aromatic rings. The fourth-order valence-electron chi connectivity index (χ4n) is 1.90. The predicted molar refractivity (Wildman–Crippen MR) is 99.3 cm³/mol. The summed E-state index contributed by atoms with van der Waals surface area (Å²) in [6.45, 7) is 0. The lowest BCUT2D eigenvalue weighted by molar-refractivity contribution is 0.628. The van der Waals surface area contributed by atoms with E-state index in [9.17, 15) is 4.39 Å². The third kappa shape index (κ3) is 4.46. The minimum Gasteiger partial charge on any atom is -0.280 e. The molecule has 1 heterocycles. The highest BCUT2D eigenvalue weighted by Crippen LogP contribution is 2.30. The molecule has 0 spiro atoms. The molecule has 0 atom stereocenters. The lowest BCUT2D eigenvalue weighted by Gasteiger charge is -2.00. The van der Waals surface area contributed by atoms with Crippen LogP contribution in [0.1, 0.15) is 11.1 Å². The highest BCUT2D eigenvalue weighted by Gasteiger charge is 2.11. The quantitative estimate of drug-likeness (QED) is 0.680. The first-order valence-corrected chi connectivity index (χ1v) is 7.50. The second-order valence-corrected chi connectivity index (χ2v) is 5.51. The molecule has 1 N–H and O–H groups in total. The fraction of sp³-hybridized carbons (Fsp3) is 0. The van der Waals surface area contributed by atoms with Gasteiger partial charge < -0.3 is 0 Å². The van der Waals surface area contributed by atoms with Gasteiger partial charge in [-0.1, -0.05) is 54.2 Å². The average molecular weight is 390 g/mol. The molecule has 6 heteroatoms. The summed E-state index contributed by atoms with van der Waals surface area (Å²) < 4.78 is 12.9. The van der Waals surface area contributed by atoms with E-state index >= 15 is 0 Å². The first-order chi connectivity index (χ1) is 10.7. The molecule has 0 unspecified atom stereocenters. The van der Waals surface area contributed by atoms with Crippen molar-refractivity contribution in [3.8, 4) is 0 Å². The van der Waals surface area contributed by atoms with Crippen LogP contribution in [0.4, 0.5) is 4.39 Å². The van der Waals surface area contributed by atoms with Crippen molar-refractivity contribution in [3.63, 3.8) is 0 Å². The smallest absolute Gasteiger partial charge is 0.181 e. The van der Waals surface area contributed by atoms with Crippen molar-refractivity contribution < 1.29 is 4.39 Å². The highest BCUT2D eigenvalue weighted by atomic mass is 79.9. The summed E-state index contributed by atoms with van der Waals surface area (Å²) in [4.78, 5) is 0.668. The van der Waals surface area contributed by atoms with Gasteiger partial charge in [-0.15, -0.1) is 27.2 Å². The molecule has 0 saturated carbocycles. The minimum absolute atomic E-state index is 0. The molecule has 0 aliphatic carbocycles. The zero-order chi connectivity index (χ0) is 15.4. The Balaban J connectivity index is 0.00000192. The molecule has 0 amide bonds. The van der Waals surface area contributed by atoms with Crippen LogP contribution in [0, 0.1) is 11.2 Å². The molecule has 0 aromatic heterocycles. The van der Waals surface area contributed by atoms with Gasteiger partial charge in [0.15, 0.2) is 5.84 Å². The number of rotatable bonds is 2. The van der Waals surface area contributed by atoms with E-state index in [2.05, 4.69) is 10.2 Å². The van der Waals surface area contributed by atoms with Crippen molar-refractivity contribution in [2.24, 2.45) is 10.2 Å². The zero-order valence-corrected chi connectivity index (χ0v) is 14.5. The van der Waals surface area contributed by atoms with Crippen LogP contribution in [0.5, 0.6) is 0 Å². The topological polar surface area (TPSA) is 48.6 Å². The first kappa shape index (κ1) is 17.3. The van der Waals surface area contributed by atoms with Gasteiger partial charge in [0, 0.05) is 11.0 Å². The van der Waals surface area contributed by atoms with E-state index in [1.54, 1.807) is 18.2 Å². The van der Waals surface area contributed by atoms with Gasteiger partial charge in [-0.3, -0.25) is 5.41 Å². The van der Waals surface area contributed by atoms with Crippen LogP contribution in [-0.2, 0) is 0 Å². The van der Waals surface area contributed by atoms with Gasteiger partial charge in [-0.2, -0.15) is 0 Å². The van der Waals surface area contributed by atoms with E-state index in [-0.39, 0.29) is 28.6 Å². The van der Waals surface area contributed by atoms with E-state index in [0.29, 0.717) is 4.91 Å². The predicted octanol–water partition coefficient (Wildman–Crippen LogP) is 5.92. The van der Waals surface area contributed by atoms with E-state index < -0.39 is 0 Å². The van der Waals surface area contributed by atoms with Gasteiger partial charge >= 0.3 is 0 Å². The standard InChI is InChI=1S/C17H12FN3S.BrH/c18-14-8-6-12(7-9-14)10-16-17(19)21-20-15(11-22-16)13-4-2-1-3-5-13;/h1-11,19H;1H. The Morgan fingerprint density at radius 1 is 0.957 bits per heavy atom. The summed E-state index contributed by atoms with van der Waals surface area (Å²) in [5.41, 5.74) is 2.49. The maximum Gasteiger partial charge on any atom is 0.181 e. The molecular weight excluding hydrogens is 377 g/mol. The normalized spacial score (nSPS) is 15.8. The Labute approximate surface area is 148 Å². The lowest BCUT2D eigenvalue weighted by atomic mass is 10.2. The third-order valence-electron chi connectivity index (χ3n) is 3.03. The molecule has 0 fully saturated rings. The molecule has 0 radical (unpaired) electrons. The number of benzene rings is 2. The molecule has 3 nitrogen and oxygen atoms in total. The largest absolute Gasteiger partial charge is 0.280 e. The monoisotopic (exact) mass is 389 g/mol. The Morgan fingerprint density at radius 2 is 1.65 bits per heavy atom. The Morgan fingerprint density at radius 3 is 2.35 bits per heavy atom. The second-order valence-electron chi connectivity index (χ2n) is 4.60. The van der Waals surface area contributed by atoms with Crippen molar-refractivity contribution in [2.45, 2.75) is 0 Å². The van der Waals surface area contributed by atoms with E-state index in [1.165, 1.54) is 23.9 Å². The molecule has 0 saturated heterocycles. The van der Waals surface area contributed by atoms with Gasteiger partial charge in [0.25, 0.3) is 0 Å². The van der Waals surface area contributed by atoms with E-state index in [4.69, 9.17) is 5.41 Å². The number of azo groups is 1. The number of hydrogen-bond acceptors (Lipinski definition) is 3. The maximum absolute atomic E-state index is 12.9. The minimum atomic E-state index is -0.281. The van der Waals surface area contributed by atoms with Crippen LogP contribution in [0.3, 0.4) is 0 Å². The number of hydrogen-bond donors (Lipinski definition) is 1. The summed E-state index contributed by atoms with van der Waals surface area (Å²) in [5.74, 6) is -0.187. The van der Waals surface area contributed by atoms with Crippen LogP contribution in [0.25, 0.3) is 11.8 Å². The summed E-state index contributed by atoms with van der Waals surface area (Å²) in [6, 6.07) is 15.8.